The minimum absolute atomic E-state index is 0.0354. The number of hydrogen-bond acceptors (Lipinski definition) is 7. The molecule has 0 unspecified atom stereocenters. The van der Waals surface area contributed by atoms with Crippen molar-refractivity contribution in [2.75, 3.05) is 6.61 Å². The number of carbonyl (C=O) groups is 2. The summed E-state index contributed by atoms with van der Waals surface area (Å²) in [4.78, 5) is 27.5. The summed E-state index contributed by atoms with van der Waals surface area (Å²) < 4.78 is 0. The Balaban J connectivity index is 1.81. The first-order chi connectivity index (χ1) is 16.8. The van der Waals surface area contributed by atoms with Crippen molar-refractivity contribution in [1.29, 1.82) is 0 Å². The van der Waals surface area contributed by atoms with E-state index in [0.717, 1.165) is 5.57 Å². The summed E-state index contributed by atoms with van der Waals surface area (Å²) in [5.41, 5.74) is -5.23. The van der Waals surface area contributed by atoms with Crippen LogP contribution in [0.5, 0.6) is 0 Å². The van der Waals surface area contributed by atoms with Crippen molar-refractivity contribution in [1.82, 2.24) is 0 Å². The van der Waals surface area contributed by atoms with Crippen LogP contribution in [0.1, 0.15) is 80.6 Å². The Bertz CT molecular complexity index is 1030. The van der Waals surface area contributed by atoms with Gasteiger partial charge in [0.05, 0.1) is 29.8 Å². The third kappa shape index (κ3) is 3.79. The van der Waals surface area contributed by atoms with Crippen molar-refractivity contribution < 1.29 is 35.1 Å². The topological polar surface area (TPSA) is 135 Å². The van der Waals surface area contributed by atoms with Crippen LogP contribution < -0.4 is 0 Å². The van der Waals surface area contributed by atoms with Gasteiger partial charge in [-0.3, -0.25) is 9.59 Å². The largest absolute Gasteiger partial charge is 0.395 e. The highest BCUT2D eigenvalue weighted by Gasteiger charge is 2.75. The number of hydrogen-bond donors (Lipinski definition) is 5. The summed E-state index contributed by atoms with van der Waals surface area (Å²) in [5.74, 6) is -2.09. The van der Waals surface area contributed by atoms with Gasteiger partial charge in [0.25, 0.3) is 0 Å². The zero-order chi connectivity index (χ0) is 28.0. The van der Waals surface area contributed by atoms with Crippen molar-refractivity contribution in [3.8, 4) is 0 Å². The van der Waals surface area contributed by atoms with Crippen LogP contribution in [0.25, 0.3) is 0 Å². The lowest BCUT2D eigenvalue weighted by molar-refractivity contribution is -0.191. The molecule has 0 aromatic rings. The molecule has 0 heterocycles. The van der Waals surface area contributed by atoms with Crippen LogP contribution in [0, 0.1) is 39.4 Å². The molecule has 0 spiro atoms. The molecule has 7 heteroatoms. The molecule has 0 aromatic carbocycles. The lowest BCUT2D eigenvalue weighted by atomic mass is 9.38. The zero-order valence-corrected chi connectivity index (χ0v) is 23.4. The Hall–Kier alpha value is -1.38. The van der Waals surface area contributed by atoms with E-state index in [-0.39, 0.29) is 30.6 Å². The van der Waals surface area contributed by atoms with E-state index in [2.05, 4.69) is 6.08 Å². The monoisotopic (exact) mass is 518 g/mol. The maximum absolute atomic E-state index is 14.3. The van der Waals surface area contributed by atoms with Crippen LogP contribution in [0.2, 0.25) is 0 Å². The molecule has 0 bridgehead atoms. The Morgan fingerprint density at radius 2 is 1.70 bits per heavy atom. The van der Waals surface area contributed by atoms with E-state index in [1.165, 1.54) is 32.9 Å². The average molecular weight is 519 g/mol. The second kappa shape index (κ2) is 8.56. The lowest BCUT2D eigenvalue weighted by Gasteiger charge is -2.65. The second-order valence-corrected chi connectivity index (χ2v) is 14.2. The number of aliphatic hydroxyl groups excluding tert-OH is 3. The molecular formula is C30H46O7. The maximum atomic E-state index is 14.3. The van der Waals surface area contributed by atoms with E-state index < -0.39 is 56.8 Å². The molecule has 3 fully saturated rings. The number of allylic oxidation sites excluding steroid dienone is 1. The Morgan fingerprint density at radius 1 is 1.08 bits per heavy atom. The molecule has 0 saturated heterocycles. The van der Waals surface area contributed by atoms with Crippen LogP contribution in [0.4, 0.5) is 0 Å². The molecule has 4 aliphatic rings. The predicted molar refractivity (Wildman–Crippen MR) is 139 cm³/mol. The van der Waals surface area contributed by atoms with E-state index in [4.69, 9.17) is 0 Å². The smallest absolute Gasteiger partial charge is 0.187 e. The SMILES string of the molecule is CC(C)(O)/C=C/C(=O)[C@](C)(O)[C@H]1[C@H](O)C[C@@]2(C)[C@@H]3CC=C4[C@@H](CC[C@H](O)C4(C)C)[C@]3(CO)C(=O)C[C@]12C. The van der Waals surface area contributed by atoms with Gasteiger partial charge in [0.15, 0.2) is 5.78 Å². The summed E-state index contributed by atoms with van der Waals surface area (Å²) in [5, 5.41) is 54.8. The normalized spacial score (nSPS) is 45.0. The molecule has 208 valence electrons. The molecule has 4 aliphatic carbocycles. The maximum Gasteiger partial charge on any atom is 0.187 e. The molecule has 4 rings (SSSR count). The molecule has 3 saturated carbocycles. The first-order valence-electron chi connectivity index (χ1n) is 13.7. The quantitative estimate of drug-likeness (QED) is 0.279. The molecule has 9 atom stereocenters. The Labute approximate surface area is 220 Å². The van der Waals surface area contributed by atoms with Gasteiger partial charge in [0.1, 0.15) is 11.4 Å². The number of carbonyl (C=O) groups excluding carboxylic acids is 2. The minimum atomic E-state index is -1.96. The standard InChI is InChI=1S/C30H46O7/c1-25(2,36)13-12-22(34)29(7,37)24-19(32)14-27(5)20-10-8-17-18(9-11-21(33)26(17,3)4)30(20,16-31)23(35)15-28(24,27)6/h8,12-13,18-21,24,31-33,36-37H,9-11,14-16H2,1-7H3/b13-12+/t18-,19-,20+,21+,24+,27+,28-,29+,30+/m1/s1. The van der Waals surface area contributed by atoms with E-state index in [9.17, 15) is 35.1 Å². The average Bonchev–Trinajstić information content (AvgIpc) is 2.98. The van der Waals surface area contributed by atoms with Crippen molar-refractivity contribution in [2.45, 2.75) is 104 Å². The van der Waals surface area contributed by atoms with Gasteiger partial charge in [-0.25, -0.2) is 0 Å². The van der Waals surface area contributed by atoms with E-state index in [0.29, 0.717) is 25.7 Å². The summed E-state index contributed by atoms with van der Waals surface area (Å²) in [6.07, 6.45) is 5.10. The summed E-state index contributed by atoms with van der Waals surface area (Å²) in [6, 6.07) is 0. The molecular weight excluding hydrogens is 472 g/mol. The lowest BCUT2D eigenvalue weighted by Crippen LogP contribution is -2.66. The van der Waals surface area contributed by atoms with Gasteiger partial charge < -0.3 is 25.5 Å². The molecule has 0 radical (unpaired) electrons. The predicted octanol–water partition coefficient (Wildman–Crippen LogP) is 2.72. The number of aliphatic hydroxyl groups is 5. The van der Waals surface area contributed by atoms with Gasteiger partial charge in [0, 0.05) is 17.8 Å². The fourth-order valence-electron chi connectivity index (χ4n) is 9.16. The highest BCUT2D eigenvalue weighted by Crippen LogP contribution is 2.74. The van der Waals surface area contributed by atoms with Gasteiger partial charge in [0.2, 0.25) is 0 Å². The van der Waals surface area contributed by atoms with Crippen LogP contribution in [0.3, 0.4) is 0 Å². The summed E-state index contributed by atoms with van der Waals surface area (Å²) in [6.45, 7) is 12.1. The van der Waals surface area contributed by atoms with Crippen molar-refractivity contribution in [3.05, 3.63) is 23.8 Å². The highest BCUT2D eigenvalue weighted by atomic mass is 16.3. The summed E-state index contributed by atoms with van der Waals surface area (Å²) >= 11 is 0. The van der Waals surface area contributed by atoms with E-state index in [1.54, 1.807) is 0 Å². The molecule has 7 nitrogen and oxygen atoms in total. The van der Waals surface area contributed by atoms with Crippen molar-refractivity contribution in [2.24, 2.45) is 39.4 Å². The van der Waals surface area contributed by atoms with Gasteiger partial charge >= 0.3 is 0 Å². The number of rotatable bonds is 5. The molecule has 0 aliphatic heterocycles. The molecule has 0 amide bonds. The highest BCUT2D eigenvalue weighted by molar-refractivity contribution is 5.97. The number of fused-ring (bicyclic) bond motifs is 5. The van der Waals surface area contributed by atoms with Gasteiger partial charge in [-0.05, 0) is 75.2 Å². The Kier molecular flexibility index (Phi) is 6.62. The third-order valence-electron chi connectivity index (χ3n) is 11.3. The van der Waals surface area contributed by atoms with Crippen molar-refractivity contribution in [3.63, 3.8) is 0 Å². The molecule has 5 N–H and O–H groups in total. The minimum Gasteiger partial charge on any atom is -0.395 e. The van der Waals surface area contributed by atoms with Gasteiger partial charge in [-0.1, -0.05) is 45.4 Å². The molecule has 0 aromatic heterocycles. The summed E-state index contributed by atoms with van der Waals surface area (Å²) in [7, 11) is 0. The fraction of sp³-hybridized carbons (Fsp3) is 0.800. The van der Waals surface area contributed by atoms with E-state index >= 15 is 0 Å². The van der Waals surface area contributed by atoms with Gasteiger partial charge in [-0.15, -0.1) is 0 Å². The zero-order valence-electron chi connectivity index (χ0n) is 23.4. The fourth-order valence-corrected chi connectivity index (χ4v) is 9.16. The second-order valence-electron chi connectivity index (χ2n) is 14.2. The Morgan fingerprint density at radius 3 is 2.27 bits per heavy atom. The van der Waals surface area contributed by atoms with Crippen LogP contribution >= 0.6 is 0 Å². The molecule has 37 heavy (non-hydrogen) atoms. The van der Waals surface area contributed by atoms with E-state index in [1.807, 2.05) is 27.7 Å². The van der Waals surface area contributed by atoms with Crippen LogP contribution in [-0.2, 0) is 9.59 Å². The van der Waals surface area contributed by atoms with Crippen molar-refractivity contribution >= 4 is 11.6 Å². The van der Waals surface area contributed by atoms with Gasteiger partial charge in [-0.2, -0.15) is 0 Å². The first kappa shape index (κ1) is 28.6. The number of ketones is 2. The van der Waals surface area contributed by atoms with Crippen LogP contribution in [0.15, 0.2) is 23.8 Å². The van der Waals surface area contributed by atoms with Crippen LogP contribution in [-0.4, -0.2) is 67.1 Å². The number of Topliss-reactive ketones (excluding diaryl/α,β-unsaturated/α-hetero) is 1. The first-order valence-corrected chi connectivity index (χ1v) is 13.7. The third-order valence-corrected chi connectivity index (χ3v) is 11.3.